The molecule has 3 heterocycles. The maximum absolute atomic E-state index is 12.6. The molecule has 6 heteroatoms. The van der Waals surface area contributed by atoms with Gasteiger partial charge in [0, 0.05) is 25.8 Å². The monoisotopic (exact) mass is 330 g/mol. The fourth-order valence-electron chi connectivity index (χ4n) is 3.58. The number of carbonyl (C=O) groups is 2. The highest BCUT2D eigenvalue weighted by Crippen LogP contribution is 2.20. The third kappa shape index (κ3) is 4.12. The van der Waals surface area contributed by atoms with Crippen LogP contribution in [0.25, 0.3) is 0 Å². The number of carbonyl (C=O) groups excluding carboxylic acids is 2. The van der Waals surface area contributed by atoms with E-state index in [1.165, 1.54) is 25.7 Å². The standard InChI is InChI=1S/C18H26N4O2/c23-17(15-7-3-4-9-19-15)20-10-14-22-13-8-16(18(22)24)21-11-5-1-2-6-12-21/h3-4,7,9,16H,1-2,5-6,8,10-14H2,(H,20,23). The zero-order valence-corrected chi connectivity index (χ0v) is 14.1. The Morgan fingerprint density at radius 2 is 1.96 bits per heavy atom. The predicted molar refractivity (Wildman–Crippen MR) is 91.6 cm³/mol. The molecule has 1 atom stereocenters. The Morgan fingerprint density at radius 3 is 2.67 bits per heavy atom. The number of hydrogen-bond donors (Lipinski definition) is 1. The first-order valence-electron chi connectivity index (χ1n) is 8.98. The van der Waals surface area contributed by atoms with Crippen LogP contribution >= 0.6 is 0 Å². The Kier molecular flexibility index (Phi) is 5.80. The van der Waals surface area contributed by atoms with Crippen LogP contribution in [0.3, 0.4) is 0 Å². The van der Waals surface area contributed by atoms with Crippen molar-refractivity contribution >= 4 is 11.8 Å². The maximum Gasteiger partial charge on any atom is 0.269 e. The first kappa shape index (κ1) is 16.9. The van der Waals surface area contributed by atoms with Crippen molar-refractivity contribution in [3.63, 3.8) is 0 Å². The van der Waals surface area contributed by atoms with Crippen molar-refractivity contribution in [3.8, 4) is 0 Å². The largest absolute Gasteiger partial charge is 0.349 e. The number of likely N-dealkylation sites (tertiary alicyclic amines) is 2. The van der Waals surface area contributed by atoms with E-state index in [2.05, 4.69) is 15.2 Å². The van der Waals surface area contributed by atoms with Crippen LogP contribution in [0, 0.1) is 0 Å². The summed E-state index contributed by atoms with van der Waals surface area (Å²) in [7, 11) is 0. The number of nitrogens with one attached hydrogen (secondary N) is 1. The van der Waals surface area contributed by atoms with E-state index in [1.807, 2.05) is 4.90 Å². The molecular weight excluding hydrogens is 304 g/mol. The fourth-order valence-corrected chi connectivity index (χ4v) is 3.58. The predicted octanol–water partition coefficient (Wildman–Crippen LogP) is 1.29. The Balaban J connectivity index is 1.45. The van der Waals surface area contributed by atoms with Crippen molar-refractivity contribution < 1.29 is 9.59 Å². The molecule has 0 radical (unpaired) electrons. The summed E-state index contributed by atoms with van der Waals surface area (Å²) >= 11 is 0. The summed E-state index contributed by atoms with van der Waals surface area (Å²) in [6.45, 7) is 3.91. The highest BCUT2D eigenvalue weighted by Gasteiger charge is 2.35. The molecule has 2 amide bonds. The van der Waals surface area contributed by atoms with Crippen LogP contribution in [0.5, 0.6) is 0 Å². The number of pyridine rings is 1. The molecule has 0 spiro atoms. The minimum Gasteiger partial charge on any atom is -0.349 e. The Hall–Kier alpha value is -1.95. The number of nitrogens with zero attached hydrogens (tertiary/aromatic N) is 3. The van der Waals surface area contributed by atoms with Gasteiger partial charge in [-0.3, -0.25) is 19.5 Å². The normalized spacial score (nSPS) is 22.4. The lowest BCUT2D eigenvalue weighted by atomic mass is 10.2. The van der Waals surface area contributed by atoms with Crippen molar-refractivity contribution in [3.05, 3.63) is 30.1 Å². The molecule has 1 unspecified atom stereocenters. The lowest BCUT2D eigenvalue weighted by molar-refractivity contribution is -0.132. The van der Waals surface area contributed by atoms with E-state index in [0.717, 1.165) is 26.1 Å². The molecule has 1 N–H and O–H groups in total. The third-order valence-corrected chi connectivity index (χ3v) is 4.92. The van der Waals surface area contributed by atoms with Gasteiger partial charge in [-0.15, -0.1) is 0 Å². The van der Waals surface area contributed by atoms with E-state index < -0.39 is 0 Å². The minimum atomic E-state index is -0.189. The molecule has 130 valence electrons. The molecule has 2 aliphatic rings. The van der Waals surface area contributed by atoms with E-state index in [1.54, 1.807) is 24.4 Å². The number of aromatic nitrogens is 1. The van der Waals surface area contributed by atoms with Gasteiger partial charge in [0.2, 0.25) is 5.91 Å². The van der Waals surface area contributed by atoms with Crippen molar-refractivity contribution in [2.24, 2.45) is 0 Å². The summed E-state index contributed by atoms with van der Waals surface area (Å²) in [4.78, 5) is 32.9. The second kappa shape index (κ2) is 8.24. The van der Waals surface area contributed by atoms with Gasteiger partial charge in [-0.2, -0.15) is 0 Å². The van der Waals surface area contributed by atoms with Crippen molar-refractivity contribution in [1.82, 2.24) is 20.1 Å². The van der Waals surface area contributed by atoms with E-state index in [0.29, 0.717) is 18.8 Å². The first-order valence-corrected chi connectivity index (χ1v) is 8.98. The quantitative estimate of drug-likeness (QED) is 0.883. The molecule has 2 aliphatic heterocycles. The van der Waals surface area contributed by atoms with Gasteiger partial charge in [-0.1, -0.05) is 18.9 Å². The third-order valence-electron chi connectivity index (χ3n) is 4.92. The highest BCUT2D eigenvalue weighted by molar-refractivity contribution is 5.92. The lowest BCUT2D eigenvalue weighted by Crippen LogP contribution is -2.44. The molecule has 0 saturated carbocycles. The Labute approximate surface area is 143 Å². The van der Waals surface area contributed by atoms with Crippen LogP contribution in [-0.2, 0) is 4.79 Å². The SMILES string of the molecule is O=C(NCCN1CCC(N2CCCCCC2)C1=O)c1ccccn1. The van der Waals surface area contributed by atoms with Crippen LogP contribution in [0.1, 0.15) is 42.6 Å². The van der Waals surface area contributed by atoms with E-state index in [9.17, 15) is 9.59 Å². The first-order chi connectivity index (χ1) is 11.8. The summed E-state index contributed by atoms with van der Waals surface area (Å²) < 4.78 is 0. The minimum absolute atomic E-state index is 0.0505. The molecule has 1 aromatic rings. The number of hydrogen-bond acceptors (Lipinski definition) is 4. The molecule has 1 aromatic heterocycles. The smallest absolute Gasteiger partial charge is 0.269 e. The molecule has 3 rings (SSSR count). The van der Waals surface area contributed by atoms with E-state index >= 15 is 0 Å². The van der Waals surface area contributed by atoms with E-state index in [-0.39, 0.29) is 17.9 Å². The zero-order chi connectivity index (χ0) is 16.8. The van der Waals surface area contributed by atoms with E-state index in [4.69, 9.17) is 0 Å². The molecule has 0 aliphatic carbocycles. The molecule has 0 bridgehead atoms. The molecule has 6 nitrogen and oxygen atoms in total. The topological polar surface area (TPSA) is 65.5 Å². The summed E-state index contributed by atoms with van der Waals surface area (Å²) in [6.07, 6.45) is 7.47. The van der Waals surface area contributed by atoms with Crippen LogP contribution < -0.4 is 5.32 Å². The van der Waals surface area contributed by atoms with Crippen LogP contribution in [0.15, 0.2) is 24.4 Å². The number of amides is 2. The van der Waals surface area contributed by atoms with Crippen LogP contribution in [0.2, 0.25) is 0 Å². The van der Waals surface area contributed by atoms with Gasteiger partial charge in [0.25, 0.3) is 5.91 Å². The van der Waals surface area contributed by atoms with Crippen molar-refractivity contribution in [1.29, 1.82) is 0 Å². The van der Waals surface area contributed by atoms with Gasteiger partial charge in [0.05, 0.1) is 6.04 Å². The lowest BCUT2D eigenvalue weighted by Gasteiger charge is -2.26. The summed E-state index contributed by atoms with van der Waals surface area (Å²) in [5, 5.41) is 2.84. The maximum atomic E-state index is 12.6. The zero-order valence-electron chi connectivity index (χ0n) is 14.1. The molecular formula is C18H26N4O2. The second-order valence-electron chi connectivity index (χ2n) is 6.55. The van der Waals surface area contributed by atoms with Gasteiger partial charge < -0.3 is 10.2 Å². The highest BCUT2D eigenvalue weighted by atomic mass is 16.2. The molecule has 24 heavy (non-hydrogen) atoms. The fraction of sp³-hybridized carbons (Fsp3) is 0.611. The summed E-state index contributed by atoms with van der Waals surface area (Å²) in [6, 6.07) is 5.31. The van der Waals surface area contributed by atoms with Gasteiger partial charge in [-0.25, -0.2) is 0 Å². The average molecular weight is 330 g/mol. The molecule has 2 fully saturated rings. The summed E-state index contributed by atoms with van der Waals surface area (Å²) in [5.74, 6) is 0.0373. The Morgan fingerprint density at radius 1 is 1.17 bits per heavy atom. The van der Waals surface area contributed by atoms with Crippen LogP contribution in [0.4, 0.5) is 0 Å². The van der Waals surface area contributed by atoms with Gasteiger partial charge in [0.15, 0.2) is 0 Å². The number of rotatable bonds is 5. The van der Waals surface area contributed by atoms with Crippen molar-refractivity contribution in [2.75, 3.05) is 32.7 Å². The van der Waals surface area contributed by atoms with Gasteiger partial charge in [0.1, 0.15) is 5.69 Å². The van der Waals surface area contributed by atoms with Gasteiger partial charge in [-0.05, 0) is 44.5 Å². The Bertz CT molecular complexity index is 555. The van der Waals surface area contributed by atoms with Crippen molar-refractivity contribution in [2.45, 2.75) is 38.1 Å². The summed E-state index contributed by atoms with van der Waals surface area (Å²) in [5.41, 5.74) is 0.410. The van der Waals surface area contributed by atoms with Gasteiger partial charge >= 0.3 is 0 Å². The second-order valence-corrected chi connectivity index (χ2v) is 6.55. The molecule has 2 saturated heterocycles. The molecule has 0 aromatic carbocycles. The average Bonchev–Trinajstić information content (AvgIpc) is 2.82. The van der Waals surface area contributed by atoms with Crippen LogP contribution in [-0.4, -0.2) is 65.4 Å².